The van der Waals surface area contributed by atoms with Gasteiger partial charge in [-0.15, -0.1) is 0 Å². The first-order valence-corrected chi connectivity index (χ1v) is 5.54. The smallest absolute Gasteiger partial charge is 0.126 e. The van der Waals surface area contributed by atoms with Crippen LogP contribution in [-0.2, 0) is 0 Å². The fourth-order valence-corrected chi connectivity index (χ4v) is 2.36. The highest BCUT2D eigenvalue weighted by atomic mass is 19.1. The molecule has 0 spiro atoms. The third-order valence-electron chi connectivity index (χ3n) is 3.45. The van der Waals surface area contributed by atoms with Crippen LogP contribution in [0.5, 0.6) is 0 Å². The number of rotatable bonds is 3. The van der Waals surface area contributed by atoms with Gasteiger partial charge in [0, 0.05) is 12.6 Å². The van der Waals surface area contributed by atoms with Gasteiger partial charge in [0.15, 0.2) is 0 Å². The summed E-state index contributed by atoms with van der Waals surface area (Å²) in [6.07, 6.45) is 3.65. The van der Waals surface area contributed by atoms with Gasteiger partial charge in [-0.1, -0.05) is 26.7 Å². The number of piperidine rings is 1. The van der Waals surface area contributed by atoms with Crippen LogP contribution in [0.1, 0.15) is 46.5 Å². The van der Waals surface area contributed by atoms with Crippen molar-refractivity contribution in [3.63, 3.8) is 0 Å². The van der Waals surface area contributed by atoms with E-state index >= 15 is 0 Å². The lowest BCUT2D eigenvalue weighted by Gasteiger charge is -2.38. The van der Waals surface area contributed by atoms with Crippen LogP contribution in [0.4, 0.5) is 4.39 Å². The highest BCUT2D eigenvalue weighted by Gasteiger charge is 2.39. The quantitative estimate of drug-likeness (QED) is 0.716. The predicted molar refractivity (Wildman–Crippen MR) is 54.6 cm³/mol. The molecule has 78 valence electrons. The summed E-state index contributed by atoms with van der Waals surface area (Å²) in [4.78, 5) is 0. The zero-order valence-electron chi connectivity index (χ0n) is 9.07. The van der Waals surface area contributed by atoms with Crippen molar-refractivity contribution in [2.24, 2.45) is 5.92 Å². The van der Waals surface area contributed by atoms with Crippen molar-refractivity contribution in [3.8, 4) is 0 Å². The van der Waals surface area contributed by atoms with Crippen molar-refractivity contribution in [3.05, 3.63) is 0 Å². The molecule has 1 N–H and O–H groups in total. The van der Waals surface area contributed by atoms with E-state index in [2.05, 4.69) is 26.1 Å². The molecular weight excluding hydrogens is 165 g/mol. The molecule has 1 saturated heterocycles. The van der Waals surface area contributed by atoms with Gasteiger partial charge in [0.05, 0.1) is 0 Å². The Morgan fingerprint density at radius 2 is 2.08 bits per heavy atom. The van der Waals surface area contributed by atoms with Crippen molar-refractivity contribution >= 4 is 0 Å². The summed E-state index contributed by atoms with van der Waals surface area (Å²) in [5, 5.41) is 3.25. The van der Waals surface area contributed by atoms with Gasteiger partial charge in [-0.05, 0) is 25.7 Å². The van der Waals surface area contributed by atoms with Gasteiger partial charge in [0.25, 0.3) is 0 Å². The fourth-order valence-electron chi connectivity index (χ4n) is 2.36. The number of alkyl halides is 1. The third-order valence-corrected chi connectivity index (χ3v) is 3.45. The summed E-state index contributed by atoms with van der Waals surface area (Å²) < 4.78 is 14.3. The molecule has 1 aliphatic heterocycles. The minimum atomic E-state index is -0.935. The molecule has 1 fully saturated rings. The Morgan fingerprint density at radius 1 is 1.46 bits per heavy atom. The first-order chi connectivity index (χ1) is 6.12. The Bertz CT molecular complexity index is 146. The Balaban J connectivity index is 2.54. The van der Waals surface area contributed by atoms with Crippen LogP contribution in [0, 0.1) is 5.92 Å². The summed E-state index contributed by atoms with van der Waals surface area (Å²) in [6, 6.07) is 0.498. The minimum absolute atomic E-state index is 0.243. The molecule has 13 heavy (non-hydrogen) atoms. The van der Waals surface area contributed by atoms with E-state index in [1.54, 1.807) is 0 Å². The van der Waals surface area contributed by atoms with E-state index in [4.69, 9.17) is 0 Å². The van der Waals surface area contributed by atoms with Gasteiger partial charge in [-0.3, -0.25) is 0 Å². The van der Waals surface area contributed by atoms with Crippen LogP contribution in [0.15, 0.2) is 0 Å². The maximum Gasteiger partial charge on any atom is 0.126 e. The normalized spacial score (nSPS) is 35.3. The second-order valence-corrected chi connectivity index (χ2v) is 4.37. The van der Waals surface area contributed by atoms with Crippen molar-refractivity contribution in [2.45, 2.75) is 58.2 Å². The highest BCUT2D eigenvalue weighted by molar-refractivity contribution is 4.93. The number of halogens is 1. The average Bonchev–Trinajstić information content (AvgIpc) is 2.13. The van der Waals surface area contributed by atoms with Crippen LogP contribution in [0.3, 0.4) is 0 Å². The number of nitrogens with one attached hydrogen (secondary N) is 1. The van der Waals surface area contributed by atoms with Gasteiger partial charge >= 0.3 is 0 Å². The predicted octanol–water partition coefficient (Wildman–Crippen LogP) is 2.90. The van der Waals surface area contributed by atoms with E-state index in [9.17, 15) is 4.39 Å². The summed E-state index contributed by atoms with van der Waals surface area (Å²) in [7, 11) is 0. The molecular formula is C11H22FN. The van der Waals surface area contributed by atoms with Crippen molar-refractivity contribution in [1.82, 2.24) is 5.32 Å². The summed E-state index contributed by atoms with van der Waals surface area (Å²) >= 11 is 0. The van der Waals surface area contributed by atoms with Gasteiger partial charge in [-0.25, -0.2) is 4.39 Å². The maximum atomic E-state index is 14.3. The van der Waals surface area contributed by atoms with E-state index in [0.717, 1.165) is 25.7 Å². The lowest BCUT2D eigenvalue weighted by Crippen LogP contribution is -2.50. The molecule has 0 aromatic heterocycles. The van der Waals surface area contributed by atoms with E-state index in [1.165, 1.54) is 0 Å². The molecule has 2 unspecified atom stereocenters. The summed E-state index contributed by atoms with van der Waals surface area (Å²) in [6.45, 7) is 6.87. The maximum absolute atomic E-state index is 14.3. The van der Waals surface area contributed by atoms with E-state index in [1.807, 2.05) is 0 Å². The monoisotopic (exact) mass is 187 g/mol. The van der Waals surface area contributed by atoms with Gasteiger partial charge in [0.1, 0.15) is 5.67 Å². The standard InChI is InChI=1S/C11H22FN/c1-4-10(5-2)11(12)7-6-9(3)13-8-11/h9-10,13H,4-8H2,1-3H3. The van der Waals surface area contributed by atoms with Gasteiger partial charge < -0.3 is 5.32 Å². The second kappa shape index (κ2) is 4.41. The molecule has 0 bridgehead atoms. The Hall–Kier alpha value is -0.110. The first kappa shape index (κ1) is 11.0. The highest BCUT2D eigenvalue weighted by Crippen LogP contribution is 2.34. The summed E-state index contributed by atoms with van der Waals surface area (Å²) in [5.41, 5.74) is -0.935. The zero-order valence-corrected chi connectivity index (χ0v) is 9.07. The fraction of sp³-hybridized carbons (Fsp3) is 1.00. The van der Waals surface area contributed by atoms with Crippen LogP contribution >= 0.6 is 0 Å². The van der Waals surface area contributed by atoms with E-state index in [-0.39, 0.29) is 5.92 Å². The summed E-state index contributed by atoms with van der Waals surface area (Å²) in [5.74, 6) is 0.243. The van der Waals surface area contributed by atoms with Crippen molar-refractivity contribution in [2.75, 3.05) is 6.54 Å². The second-order valence-electron chi connectivity index (χ2n) is 4.37. The lowest BCUT2D eigenvalue weighted by molar-refractivity contribution is 0.0372. The molecule has 0 aromatic carbocycles. The molecule has 1 rings (SSSR count). The van der Waals surface area contributed by atoms with Crippen molar-refractivity contribution < 1.29 is 4.39 Å². The molecule has 1 nitrogen and oxygen atoms in total. The Labute approximate surface area is 81.1 Å². The SMILES string of the molecule is CCC(CC)C1(F)CCC(C)NC1. The molecule has 0 aliphatic carbocycles. The van der Waals surface area contributed by atoms with Crippen LogP contribution < -0.4 is 5.32 Å². The van der Waals surface area contributed by atoms with E-state index in [0.29, 0.717) is 12.6 Å². The lowest BCUT2D eigenvalue weighted by atomic mass is 9.79. The third kappa shape index (κ3) is 2.43. The Morgan fingerprint density at radius 3 is 2.46 bits per heavy atom. The first-order valence-electron chi connectivity index (χ1n) is 5.54. The average molecular weight is 187 g/mol. The van der Waals surface area contributed by atoms with Gasteiger partial charge in [-0.2, -0.15) is 0 Å². The number of hydrogen-bond acceptors (Lipinski definition) is 1. The molecule has 0 aromatic rings. The molecule has 1 heterocycles. The Kier molecular flexibility index (Phi) is 3.72. The van der Waals surface area contributed by atoms with Crippen molar-refractivity contribution in [1.29, 1.82) is 0 Å². The molecule has 0 radical (unpaired) electrons. The molecule has 2 heteroatoms. The van der Waals surface area contributed by atoms with Crippen LogP contribution in [0.2, 0.25) is 0 Å². The van der Waals surface area contributed by atoms with Crippen LogP contribution in [-0.4, -0.2) is 18.3 Å². The molecule has 1 aliphatic rings. The largest absolute Gasteiger partial charge is 0.311 e. The molecule has 0 saturated carbocycles. The van der Waals surface area contributed by atoms with Gasteiger partial charge in [0.2, 0.25) is 0 Å². The molecule has 0 amide bonds. The zero-order chi connectivity index (χ0) is 9.90. The van der Waals surface area contributed by atoms with Crippen LogP contribution in [0.25, 0.3) is 0 Å². The minimum Gasteiger partial charge on any atom is -0.311 e. The number of hydrogen-bond donors (Lipinski definition) is 1. The van der Waals surface area contributed by atoms with E-state index < -0.39 is 5.67 Å². The topological polar surface area (TPSA) is 12.0 Å². The molecule has 2 atom stereocenters.